The van der Waals surface area contributed by atoms with Crippen LogP contribution in [0.25, 0.3) is 0 Å². The number of unbranched alkanes of at least 4 members (excludes halogenated alkanes) is 21. The third-order valence-corrected chi connectivity index (χ3v) is 9.94. The van der Waals surface area contributed by atoms with Crippen molar-refractivity contribution in [3.8, 4) is 0 Å². The Kier molecular flexibility index (Phi) is 38.7. The Morgan fingerprint density at radius 3 is 1.58 bits per heavy atom. The lowest BCUT2D eigenvalue weighted by atomic mass is 10.0. The molecule has 0 rings (SSSR count). The largest absolute Gasteiger partial charge is 0.469 e. The predicted octanol–water partition coefficient (Wildman–Crippen LogP) is 12.5. The number of rotatable bonds is 40. The number of allylic oxidation sites excluding steroid dienone is 7. The SMILES string of the molecule is CCCCC/C=C\C/C=C\C/C=C\C=C\[C@@H](O)CCCC(=O)OC[C@H](COP(=O)(O)O)OC(=O)CCCCCCCCCCCCCCCCCCCCC. The Morgan fingerprint density at radius 1 is 0.564 bits per heavy atom. The number of phosphoric ester groups is 1. The van der Waals surface area contributed by atoms with Crippen molar-refractivity contribution in [3.05, 3.63) is 48.6 Å². The van der Waals surface area contributed by atoms with Crippen molar-refractivity contribution in [1.82, 2.24) is 0 Å². The molecule has 10 heteroatoms. The summed E-state index contributed by atoms with van der Waals surface area (Å²) in [7, 11) is -4.80. The van der Waals surface area contributed by atoms with E-state index in [1.54, 1.807) is 12.2 Å². The highest BCUT2D eigenvalue weighted by molar-refractivity contribution is 7.46. The number of aliphatic hydroxyl groups excluding tert-OH is 1. The summed E-state index contributed by atoms with van der Waals surface area (Å²) in [5, 5.41) is 10.2. The number of carbonyl (C=O) groups excluding carboxylic acids is 2. The van der Waals surface area contributed by atoms with Crippen LogP contribution in [0, 0.1) is 0 Å². The van der Waals surface area contributed by atoms with Crippen molar-refractivity contribution in [3.63, 3.8) is 0 Å². The van der Waals surface area contributed by atoms with E-state index >= 15 is 0 Å². The fraction of sp³-hybridized carbons (Fsp3) is 0.778. The lowest BCUT2D eigenvalue weighted by Crippen LogP contribution is -2.29. The molecule has 0 aliphatic carbocycles. The maximum absolute atomic E-state index is 12.4. The minimum atomic E-state index is -4.80. The number of carbonyl (C=O) groups is 2. The van der Waals surface area contributed by atoms with Gasteiger partial charge in [-0.3, -0.25) is 14.1 Å². The van der Waals surface area contributed by atoms with Crippen molar-refractivity contribution in [2.45, 2.75) is 212 Å². The number of aliphatic hydroxyl groups is 1. The van der Waals surface area contributed by atoms with Crippen molar-refractivity contribution < 1.29 is 43.0 Å². The molecule has 3 N–H and O–H groups in total. The molecule has 0 amide bonds. The second-order valence-corrected chi connectivity index (χ2v) is 16.1. The summed E-state index contributed by atoms with van der Waals surface area (Å²) < 4.78 is 26.3. The lowest BCUT2D eigenvalue weighted by molar-refractivity contribution is -0.161. The van der Waals surface area contributed by atoms with Gasteiger partial charge in [0.1, 0.15) is 6.61 Å². The number of phosphoric acid groups is 1. The van der Waals surface area contributed by atoms with Gasteiger partial charge < -0.3 is 24.4 Å². The van der Waals surface area contributed by atoms with Crippen LogP contribution in [-0.2, 0) is 28.2 Å². The first-order valence-electron chi connectivity index (χ1n) is 22.0. The van der Waals surface area contributed by atoms with Crippen LogP contribution in [0.2, 0.25) is 0 Å². The van der Waals surface area contributed by atoms with E-state index in [0.717, 1.165) is 38.5 Å². The standard InChI is InChI=1S/C45H81O9P/c1-3-5-7-9-11-13-15-17-18-19-20-21-22-24-26-28-30-32-34-38-45(48)54-43(41-53-55(49,50)51)40-52-44(47)39-35-37-42(46)36-33-31-29-27-25-23-16-14-12-10-8-6-4-2/h12,14,23,25,29,31,33,36,42-43,46H,3-11,13,15-22,24,26-28,30,32,34-35,37-41H2,1-2H3,(H2,49,50,51)/b14-12-,25-23-,31-29-,36-33+/t42-,43-/m1/s1. The topological polar surface area (TPSA) is 140 Å². The van der Waals surface area contributed by atoms with Gasteiger partial charge in [-0.2, -0.15) is 0 Å². The first-order chi connectivity index (χ1) is 26.7. The van der Waals surface area contributed by atoms with Gasteiger partial charge in [-0.25, -0.2) is 4.57 Å². The molecular formula is C45H81O9P. The van der Waals surface area contributed by atoms with Crippen LogP contribution in [0.5, 0.6) is 0 Å². The number of hydrogen-bond donors (Lipinski definition) is 3. The molecule has 0 fully saturated rings. The van der Waals surface area contributed by atoms with Crippen LogP contribution in [0.1, 0.15) is 200 Å². The summed E-state index contributed by atoms with van der Waals surface area (Å²) in [5.74, 6) is -1.08. The number of hydrogen-bond acceptors (Lipinski definition) is 7. The highest BCUT2D eigenvalue weighted by Gasteiger charge is 2.23. The van der Waals surface area contributed by atoms with Crippen LogP contribution in [-0.4, -0.2) is 52.3 Å². The van der Waals surface area contributed by atoms with Gasteiger partial charge in [-0.1, -0.05) is 191 Å². The highest BCUT2D eigenvalue weighted by Crippen LogP contribution is 2.36. The van der Waals surface area contributed by atoms with E-state index in [1.165, 1.54) is 116 Å². The molecule has 0 aromatic carbocycles. The Bertz CT molecular complexity index is 1050. The van der Waals surface area contributed by atoms with E-state index in [9.17, 15) is 19.3 Å². The molecule has 2 atom stereocenters. The van der Waals surface area contributed by atoms with Gasteiger partial charge in [0, 0.05) is 12.8 Å². The molecule has 0 bridgehead atoms. The van der Waals surface area contributed by atoms with Crippen molar-refractivity contribution in [2.24, 2.45) is 0 Å². The summed E-state index contributed by atoms with van der Waals surface area (Å²) in [4.78, 5) is 42.9. The molecule has 55 heavy (non-hydrogen) atoms. The average Bonchev–Trinajstić information content (AvgIpc) is 3.15. The maximum Gasteiger partial charge on any atom is 0.469 e. The van der Waals surface area contributed by atoms with Gasteiger partial charge >= 0.3 is 19.8 Å². The molecule has 9 nitrogen and oxygen atoms in total. The minimum Gasteiger partial charge on any atom is -0.462 e. The smallest absolute Gasteiger partial charge is 0.462 e. The van der Waals surface area contributed by atoms with E-state index in [0.29, 0.717) is 19.3 Å². The second-order valence-electron chi connectivity index (χ2n) is 14.9. The van der Waals surface area contributed by atoms with Gasteiger partial charge in [-0.05, 0) is 44.9 Å². The van der Waals surface area contributed by atoms with Crippen molar-refractivity contribution >= 4 is 19.8 Å². The molecule has 0 aliphatic rings. The summed E-state index contributed by atoms with van der Waals surface area (Å²) >= 11 is 0. The fourth-order valence-corrected chi connectivity index (χ4v) is 6.48. The molecule has 0 aromatic heterocycles. The van der Waals surface area contributed by atoms with Crippen LogP contribution in [0.3, 0.4) is 0 Å². The summed E-state index contributed by atoms with van der Waals surface area (Å²) in [6.07, 6.45) is 45.8. The summed E-state index contributed by atoms with van der Waals surface area (Å²) in [6, 6.07) is 0. The van der Waals surface area contributed by atoms with Gasteiger partial charge in [0.15, 0.2) is 6.10 Å². The molecule has 0 heterocycles. The van der Waals surface area contributed by atoms with Gasteiger partial charge in [-0.15, -0.1) is 0 Å². The van der Waals surface area contributed by atoms with Crippen molar-refractivity contribution in [1.29, 1.82) is 0 Å². The van der Waals surface area contributed by atoms with E-state index in [2.05, 4.69) is 42.7 Å². The predicted molar refractivity (Wildman–Crippen MR) is 227 cm³/mol. The van der Waals surface area contributed by atoms with E-state index in [-0.39, 0.29) is 19.4 Å². The summed E-state index contributed by atoms with van der Waals surface area (Å²) in [5.41, 5.74) is 0. The Labute approximate surface area is 336 Å². The molecule has 0 spiro atoms. The van der Waals surface area contributed by atoms with Crippen molar-refractivity contribution in [2.75, 3.05) is 13.2 Å². The molecule has 0 aromatic rings. The average molecular weight is 797 g/mol. The fourth-order valence-electron chi connectivity index (χ4n) is 6.12. The molecule has 0 radical (unpaired) electrons. The van der Waals surface area contributed by atoms with E-state index < -0.39 is 38.6 Å². The number of esters is 2. The zero-order chi connectivity index (χ0) is 40.5. The quantitative estimate of drug-likeness (QED) is 0.0182. The molecule has 0 saturated carbocycles. The Hall–Kier alpha value is -2.03. The molecule has 0 saturated heterocycles. The summed E-state index contributed by atoms with van der Waals surface area (Å²) in [6.45, 7) is 3.51. The van der Waals surface area contributed by atoms with Gasteiger partial charge in [0.25, 0.3) is 0 Å². The first kappa shape index (κ1) is 53.0. The number of ether oxygens (including phenoxy) is 2. The monoisotopic (exact) mass is 797 g/mol. The Morgan fingerprint density at radius 2 is 1.04 bits per heavy atom. The zero-order valence-electron chi connectivity index (χ0n) is 34.9. The Balaban J connectivity index is 4.05. The van der Waals surface area contributed by atoms with Gasteiger partial charge in [0.05, 0.1) is 12.7 Å². The highest BCUT2D eigenvalue weighted by atomic mass is 31.2. The molecule has 0 aliphatic heterocycles. The normalized spacial score (nSPS) is 13.5. The zero-order valence-corrected chi connectivity index (χ0v) is 35.8. The van der Waals surface area contributed by atoms with E-state index in [1.807, 2.05) is 12.2 Å². The molecular weight excluding hydrogens is 715 g/mol. The second kappa shape index (κ2) is 40.2. The minimum absolute atomic E-state index is 0.0396. The van der Waals surface area contributed by atoms with Crippen LogP contribution in [0.15, 0.2) is 48.6 Å². The first-order valence-corrected chi connectivity index (χ1v) is 23.6. The van der Waals surface area contributed by atoms with E-state index in [4.69, 9.17) is 19.3 Å². The molecule has 0 unspecified atom stereocenters. The maximum atomic E-state index is 12.4. The third kappa shape index (κ3) is 42.9. The van der Waals surface area contributed by atoms with Crippen LogP contribution in [0.4, 0.5) is 0 Å². The third-order valence-electron chi connectivity index (χ3n) is 9.45. The van der Waals surface area contributed by atoms with Crippen LogP contribution >= 0.6 is 7.82 Å². The molecule has 320 valence electrons. The van der Waals surface area contributed by atoms with Gasteiger partial charge in [0.2, 0.25) is 0 Å². The lowest BCUT2D eigenvalue weighted by Gasteiger charge is -2.18. The van der Waals surface area contributed by atoms with Crippen LogP contribution < -0.4 is 0 Å².